The van der Waals surface area contributed by atoms with Crippen molar-refractivity contribution in [3.8, 4) is 0 Å². The van der Waals surface area contributed by atoms with Crippen LogP contribution in [0.4, 0.5) is 27.7 Å². The number of urea groups is 1. The Morgan fingerprint density at radius 1 is 0.966 bits per heavy atom. The van der Waals surface area contributed by atoms with Crippen LogP contribution in [0.25, 0.3) is 0 Å². The minimum atomic E-state index is -0.687. The number of furan rings is 1. The molecule has 1 N–H and O–H groups in total. The first-order chi connectivity index (χ1) is 13.9. The van der Waals surface area contributed by atoms with E-state index in [1.165, 1.54) is 36.4 Å². The van der Waals surface area contributed by atoms with Crippen LogP contribution in [0.1, 0.15) is 5.76 Å². The van der Waals surface area contributed by atoms with Crippen molar-refractivity contribution >= 4 is 35.2 Å². The summed E-state index contributed by atoms with van der Waals surface area (Å²) in [6, 6.07) is 15.6. The van der Waals surface area contributed by atoms with Crippen LogP contribution in [0.3, 0.4) is 0 Å². The number of hydrazone groups is 1. The molecule has 146 valence electrons. The summed E-state index contributed by atoms with van der Waals surface area (Å²) in [5, 5.41) is 29.1. The zero-order chi connectivity index (χ0) is 20.8. The Labute approximate surface area is 163 Å². The summed E-state index contributed by atoms with van der Waals surface area (Å²) in [4.78, 5) is 32.9. The molecule has 0 radical (unpaired) electrons. The Hall–Kier alpha value is -4.54. The lowest BCUT2D eigenvalue weighted by Crippen LogP contribution is -2.30. The van der Waals surface area contributed by atoms with Crippen molar-refractivity contribution in [1.29, 1.82) is 0 Å². The third kappa shape index (κ3) is 4.80. The molecular formula is C18H13N5O6. The number of hydrogen-bond donors (Lipinski definition) is 1. The van der Waals surface area contributed by atoms with Crippen molar-refractivity contribution < 1.29 is 19.1 Å². The van der Waals surface area contributed by atoms with Gasteiger partial charge in [0.25, 0.3) is 5.69 Å². The Morgan fingerprint density at radius 2 is 1.66 bits per heavy atom. The molecule has 2 aromatic carbocycles. The summed E-state index contributed by atoms with van der Waals surface area (Å²) in [6.45, 7) is 0. The highest BCUT2D eigenvalue weighted by atomic mass is 16.6. The molecule has 29 heavy (non-hydrogen) atoms. The average Bonchev–Trinajstić information content (AvgIpc) is 3.19. The van der Waals surface area contributed by atoms with Gasteiger partial charge in [-0.3, -0.25) is 20.2 Å². The maximum atomic E-state index is 12.7. The van der Waals surface area contributed by atoms with E-state index in [4.69, 9.17) is 4.42 Å². The Bertz CT molecular complexity index is 1060. The van der Waals surface area contributed by atoms with Crippen molar-refractivity contribution in [2.45, 2.75) is 0 Å². The van der Waals surface area contributed by atoms with E-state index < -0.39 is 21.8 Å². The zero-order valence-electron chi connectivity index (χ0n) is 14.7. The summed E-state index contributed by atoms with van der Waals surface area (Å²) in [5.74, 6) is -0.367. The smallest absolute Gasteiger partial charge is 0.400 e. The van der Waals surface area contributed by atoms with Gasteiger partial charge in [-0.15, -0.1) is 0 Å². The predicted octanol–water partition coefficient (Wildman–Crippen LogP) is 4.17. The molecule has 11 nitrogen and oxygen atoms in total. The van der Waals surface area contributed by atoms with Gasteiger partial charge in [0.05, 0.1) is 22.9 Å². The second-order valence-corrected chi connectivity index (χ2v) is 5.56. The fourth-order valence-electron chi connectivity index (χ4n) is 2.27. The van der Waals surface area contributed by atoms with Gasteiger partial charge in [0.1, 0.15) is 4.92 Å². The second-order valence-electron chi connectivity index (χ2n) is 5.56. The lowest BCUT2D eigenvalue weighted by molar-refractivity contribution is -0.402. The topological polar surface area (TPSA) is 144 Å². The highest BCUT2D eigenvalue weighted by molar-refractivity contribution is 6.02. The molecule has 0 aliphatic carbocycles. The molecule has 0 aliphatic heterocycles. The minimum absolute atomic E-state index is 0.0840. The number of nitrogens with zero attached hydrogens (tertiary/aromatic N) is 4. The van der Waals surface area contributed by atoms with Crippen LogP contribution in [0.5, 0.6) is 0 Å². The summed E-state index contributed by atoms with van der Waals surface area (Å²) < 4.78 is 4.99. The van der Waals surface area contributed by atoms with Crippen LogP contribution in [0, 0.1) is 20.2 Å². The summed E-state index contributed by atoms with van der Waals surface area (Å²) in [5.41, 5.74) is 0.634. The molecule has 0 unspecified atom stereocenters. The van der Waals surface area contributed by atoms with Gasteiger partial charge >= 0.3 is 11.9 Å². The molecule has 11 heteroatoms. The van der Waals surface area contributed by atoms with Crippen molar-refractivity contribution in [2.24, 2.45) is 5.10 Å². The largest absolute Gasteiger partial charge is 0.433 e. The molecule has 0 saturated heterocycles. The van der Waals surface area contributed by atoms with Gasteiger partial charge in [-0.05, 0) is 30.3 Å². The fraction of sp³-hybridized carbons (Fsp3) is 0. The van der Waals surface area contributed by atoms with E-state index in [1.807, 2.05) is 0 Å². The summed E-state index contributed by atoms with van der Waals surface area (Å²) >= 11 is 0. The first-order valence-corrected chi connectivity index (χ1v) is 8.13. The number of carbonyl (C=O) groups is 1. The van der Waals surface area contributed by atoms with Crippen LogP contribution < -0.4 is 10.3 Å². The number of para-hydroxylation sites is 1. The van der Waals surface area contributed by atoms with Gasteiger partial charge in [-0.25, -0.2) is 4.79 Å². The molecular weight excluding hydrogens is 382 g/mol. The van der Waals surface area contributed by atoms with Crippen LogP contribution in [0.15, 0.2) is 76.2 Å². The van der Waals surface area contributed by atoms with Gasteiger partial charge in [-0.1, -0.05) is 18.2 Å². The maximum absolute atomic E-state index is 12.7. The standard InChI is InChI=1S/C18H13N5O6/c24-18(20-13-6-8-15(9-7-13)22(25)26)21(14-4-2-1-3-5-14)19-12-16-10-11-17(29-16)23(27)28/h1-12H,(H,20,24)/b19-12+. The molecule has 0 saturated carbocycles. The van der Waals surface area contributed by atoms with Gasteiger partial charge in [-0.2, -0.15) is 10.1 Å². The predicted molar refractivity (Wildman–Crippen MR) is 104 cm³/mol. The number of non-ortho nitro benzene ring substituents is 1. The number of hydrogen-bond acceptors (Lipinski definition) is 7. The number of amides is 2. The van der Waals surface area contributed by atoms with E-state index in [9.17, 15) is 25.0 Å². The minimum Gasteiger partial charge on any atom is -0.400 e. The molecule has 3 aromatic rings. The number of nitro benzene ring substituents is 1. The lowest BCUT2D eigenvalue weighted by atomic mass is 10.3. The zero-order valence-corrected chi connectivity index (χ0v) is 14.7. The van der Waals surface area contributed by atoms with Gasteiger partial charge in [0.15, 0.2) is 5.76 Å². The monoisotopic (exact) mass is 395 g/mol. The third-order valence-electron chi connectivity index (χ3n) is 3.62. The number of rotatable bonds is 6. The Balaban J connectivity index is 1.82. The van der Waals surface area contributed by atoms with Crippen LogP contribution in [-0.2, 0) is 0 Å². The number of anilines is 2. The van der Waals surface area contributed by atoms with Crippen molar-refractivity contribution in [1.82, 2.24) is 0 Å². The molecule has 0 atom stereocenters. The normalized spacial score (nSPS) is 10.6. The molecule has 0 aliphatic rings. The van der Waals surface area contributed by atoms with Gasteiger partial charge in [0, 0.05) is 17.8 Å². The Kier molecular flexibility index (Phi) is 5.59. The quantitative estimate of drug-likeness (QED) is 0.377. The summed E-state index contributed by atoms with van der Waals surface area (Å²) in [7, 11) is 0. The van der Waals surface area contributed by atoms with Crippen LogP contribution in [-0.4, -0.2) is 22.1 Å². The van der Waals surface area contributed by atoms with Crippen molar-refractivity contribution in [2.75, 3.05) is 10.3 Å². The van der Waals surface area contributed by atoms with E-state index in [2.05, 4.69) is 10.4 Å². The average molecular weight is 395 g/mol. The lowest BCUT2D eigenvalue weighted by Gasteiger charge is -2.17. The maximum Gasteiger partial charge on any atom is 0.433 e. The highest BCUT2D eigenvalue weighted by Gasteiger charge is 2.16. The Morgan fingerprint density at radius 3 is 2.24 bits per heavy atom. The second kappa shape index (κ2) is 8.43. The van der Waals surface area contributed by atoms with E-state index in [-0.39, 0.29) is 11.4 Å². The van der Waals surface area contributed by atoms with E-state index in [0.29, 0.717) is 11.4 Å². The first kappa shape index (κ1) is 19.2. The van der Waals surface area contributed by atoms with Gasteiger partial charge in [0.2, 0.25) is 0 Å². The van der Waals surface area contributed by atoms with Gasteiger partial charge < -0.3 is 9.73 Å². The summed E-state index contributed by atoms with van der Waals surface area (Å²) in [6.07, 6.45) is 1.16. The SMILES string of the molecule is O=C(Nc1ccc([N+](=O)[O-])cc1)N(/N=C/c1ccc([N+](=O)[O-])o1)c1ccccc1. The molecule has 1 heterocycles. The molecule has 2 amide bonds. The van der Waals surface area contributed by atoms with Crippen LogP contribution in [0.2, 0.25) is 0 Å². The number of nitrogens with one attached hydrogen (secondary N) is 1. The fourth-order valence-corrected chi connectivity index (χ4v) is 2.27. The first-order valence-electron chi connectivity index (χ1n) is 8.13. The highest BCUT2D eigenvalue weighted by Crippen LogP contribution is 2.19. The number of nitro groups is 2. The molecule has 0 bridgehead atoms. The number of carbonyl (C=O) groups excluding carboxylic acids is 1. The van der Waals surface area contributed by atoms with Crippen molar-refractivity contribution in [3.63, 3.8) is 0 Å². The molecule has 0 fully saturated rings. The number of benzene rings is 2. The third-order valence-corrected chi connectivity index (χ3v) is 3.62. The van der Waals surface area contributed by atoms with E-state index >= 15 is 0 Å². The van der Waals surface area contributed by atoms with Crippen LogP contribution >= 0.6 is 0 Å². The molecule has 0 spiro atoms. The van der Waals surface area contributed by atoms with E-state index in [0.717, 1.165) is 11.2 Å². The van der Waals surface area contributed by atoms with E-state index in [1.54, 1.807) is 30.3 Å². The molecule has 3 rings (SSSR count). The van der Waals surface area contributed by atoms with Crippen molar-refractivity contribution in [3.05, 3.63) is 92.7 Å². The molecule has 1 aromatic heterocycles.